The quantitative estimate of drug-likeness (QED) is 0.598. The number of rotatable bonds is 3. The van der Waals surface area contributed by atoms with Gasteiger partial charge in [0.15, 0.2) is 0 Å². The summed E-state index contributed by atoms with van der Waals surface area (Å²) in [5.41, 5.74) is 0. The second-order valence-electron chi connectivity index (χ2n) is 1.74. The molecule has 0 saturated carbocycles. The van der Waals surface area contributed by atoms with Crippen molar-refractivity contribution in [2.75, 3.05) is 0 Å². The lowest BCUT2D eigenvalue weighted by Crippen LogP contribution is -1.87. The van der Waals surface area contributed by atoms with E-state index in [1.54, 1.807) is 12.4 Å². The first kappa shape index (κ1) is 6.01. The Labute approximate surface area is 53.1 Å². The van der Waals surface area contributed by atoms with Crippen molar-refractivity contribution in [3.05, 3.63) is 18.2 Å². The Morgan fingerprint density at radius 3 is 3.22 bits per heavy atom. The van der Waals surface area contributed by atoms with Gasteiger partial charge in [0.25, 0.3) is 0 Å². The van der Waals surface area contributed by atoms with E-state index < -0.39 is 0 Å². The number of hydrogen-bond acceptors (Lipinski definition) is 2. The molecule has 48 valence electrons. The SMILES string of the molecule is O=CCCc1ncc[nH]1. The number of nitrogens with one attached hydrogen (secondary N) is 1. The van der Waals surface area contributed by atoms with E-state index in [4.69, 9.17) is 0 Å². The Balaban J connectivity index is 2.38. The summed E-state index contributed by atoms with van der Waals surface area (Å²) in [6.45, 7) is 0. The molecule has 0 amide bonds. The maximum atomic E-state index is 9.86. The molecule has 0 saturated heterocycles. The summed E-state index contributed by atoms with van der Waals surface area (Å²) in [6.07, 6.45) is 5.59. The number of hydrogen-bond donors (Lipinski definition) is 1. The molecule has 0 radical (unpaired) electrons. The van der Waals surface area contributed by atoms with Crippen LogP contribution in [0.3, 0.4) is 0 Å². The van der Waals surface area contributed by atoms with Crippen molar-refractivity contribution in [1.82, 2.24) is 9.97 Å². The first-order valence-electron chi connectivity index (χ1n) is 2.85. The molecular formula is C6H8N2O. The molecule has 1 N–H and O–H groups in total. The van der Waals surface area contributed by atoms with Gasteiger partial charge in [0.2, 0.25) is 0 Å². The van der Waals surface area contributed by atoms with Gasteiger partial charge in [-0.1, -0.05) is 0 Å². The summed E-state index contributed by atoms with van der Waals surface area (Å²) in [4.78, 5) is 16.7. The number of aldehydes is 1. The molecule has 3 nitrogen and oxygen atoms in total. The van der Waals surface area contributed by atoms with Gasteiger partial charge in [0.05, 0.1) is 0 Å². The summed E-state index contributed by atoms with van der Waals surface area (Å²) >= 11 is 0. The molecule has 0 unspecified atom stereocenters. The molecule has 1 aromatic rings. The van der Waals surface area contributed by atoms with Gasteiger partial charge in [0.1, 0.15) is 12.1 Å². The zero-order valence-corrected chi connectivity index (χ0v) is 5.00. The highest BCUT2D eigenvalue weighted by Gasteiger charge is 1.90. The number of aromatic amines is 1. The Morgan fingerprint density at radius 2 is 2.67 bits per heavy atom. The van der Waals surface area contributed by atoms with Crippen molar-refractivity contribution in [2.24, 2.45) is 0 Å². The highest BCUT2D eigenvalue weighted by molar-refractivity contribution is 5.49. The fourth-order valence-electron chi connectivity index (χ4n) is 0.630. The van der Waals surface area contributed by atoms with Gasteiger partial charge >= 0.3 is 0 Å². The minimum atomic E-state index is 0.549. The lowest BCUT2D eigenvalue weighted by atomic mass is 10.3. The van der Waals surface area contributed by atoms with Crippen molar-refractivity contribution in [2.45, 2.75) is 12.8 Å². The molecular weight excluding hydrogens is 116 g/mol. The first-order valence-corrected chi connectivity index (χ1v) is 2.85. The van der Waals surface area contributed by atoms with Gasteiger partial charge in [0, 0.05) is 25.2 Å². The van der Waals surface area contributed by atoms with E-state index in [0.717, 1.165) is 18.5 Å². The largest absolute Gasteiger partial charge is 0.349 e. The van der Waals surface area contributed by atoms with Crippen molar-refractivity contribution in [1.29, 1.82) is 0 Å². The molecule has 1 aromatic heterocycles. The van der Waals surface area contributed by atoms with E-state index in [1.807, 2.05) is 0 Å². The van der Waals surface area contributed by atoms with Gasteiger partial charge in [-0.3, -0.25) is 0 Å². The number of aromatic nitrogens is 2. The van der Waals surface area contributed by atoms with Crippen LogP contribution in [0.4, 0.5) is 0 Å². The zero-order valence-electron chi connectivity index (χ0n) is 5.00. The highest BCUT2D eigenvalue weighted by Crippen LogP contribution is 1.90. The number of nitrogens with zero attached hydrogens (tertiary/aromatic N) is 1. The van der Waals surface area contributed by atoms with E-state index in [0.29, 0.717) is 6.42 Å². The van der Waals surface area contributed by atoms with Crippen LogP contribution in [0.5, 0.6) is 0 Å². The van der Waals surface area contributed by atoms with Crippen LogP contribution in [0.15, 0.2) is 12.4 Å². The van der Waals surface area contributed by atoms with Crippen LogP contribution in [-0.2, 0) is 11.2 Å². The van der Waals surface area contributed by atoms with Crippen molar-refractivity contribution < 1.29 is 4.79 Å². The number of imidazole rings is 1. The molecule has 0 aliphatic carbocycles. The number of carbonyl (C=O) groups excluding carboxylic acids is 1. The molecule has 9 heavy (non-hydrogen) atoms. The number of aryl methyl sites for hydroxylation is 1. The molecule has 1 rings (SSSR count). The van der Waals surface area contributed by atoms with Crippen molar-refractivity contribution >= 4 is 6.29 Å². The Bertz CT molecular complexity index is 169. The van der Waals surface area contributed by atoms with Crippen LogP contribution in [0, 0.1) is 0 Å². The smallest absolute Gasteiger partial charge is 0.120 e. The van der Waals surface area contributed by atoms with Gasteiger partial charge in [-0.25, -0.2) is 4.98 Å². The predicted molar refractivity (Wildman–Crippen MR) is 33.0 cm³/mol. The van der Waals surface area contributed by atoms with Crippen LogP contribution in [0.1, 0.15) is 12.2 Å². The number of H-pyrrole nitrogens is 1. The topological polar surface area (TPSA) is 45.8 Å². The molecule has 0 atom stereocenters. The van der Waals surface area contributed by atoms with Crippen LogP contribution in [0.2, 0.25) is 0 Å². The standard InChI is InChI=1S/C6H8N2O/c9-5-1-2-6-7-3-4-8-6/h3-5H,1-2H2,(H,7,8). The van der Waals surface area contributed by atoms with E-state index in [9.17, 15) is 4.79 Å². The van der Waals surface area contributed by atoms with E-state index >= 15 is 0 Å². The summed E-state index contributed by atoms with van der Waals surface area (Å²) in [5, 5.41) is 0. The van der Waals surface area contributed by atoms with Crippen LogP contribution in [-0.4, -0.2) is 16.3 Å². The third-order valence-corrected chi connectivity index (χ3v) is 1.05. The molecule has 0 aliphatic rings. The maximum Gasteiger partial charge on any atom is 0.120 e. The third kappa shape index (κ3) is 1.68. The minimum absolute atomic E-state index is 0.549. The molecule has 1 heterocycles. The predicted octanol–water partition coefficient (Wildman–Crippen LogP) is 0.541. The average molecular weight is 124 g/mol. The average Bonchev–Trinajstić information content (AvgIpc) is 2.34. The Kier molecular flexibility index (Phi) is 2.01. The van der Waals surface area contributed by atoms with E-state index in [2.05, 4.69) is 9.97 Å². The van der Waals surface area contributed by atoms with Gasteiger partial charge in [-0.15, -0.1) is 0 Å². The second kappa shape index (κ2) is 3.02. The lowest BCUT2D eigenvalue weighted by Gasteiger charge is -1.85. The van der Waals surface area contributed by atoms with Gasteiger partial charge < -0.3 is 9.78 Å². The molecule has 0 spiro atoms. The molecule has 0 aliphatic heterocycles. The summed E-state index contributed by atoms with van der Waals surface area (Å²) in [7, 11) is 0. The van der Waals surface area contributed by atoms with Crippen LogP contribution < -0.4 is 0 Å². The third-order valence-electron chi connectivity index (χ3n) is 1.05. The zero-order chi connectivity index (χ0) is 6.53. The maximum absolute atomic E-state index is 9.86. The minimum Gasteiger partial charge on any atom is -0.349 e. The normalized spacial score (nSPS) is 9.33. The Morgan fingerprint density at radius 1 is 1.78 bits per heavy atom. The fraction of sp³-hybridized carbons (Fsp3) is 0.333. The van der Waals surface area contributed by atoms with E-state index in [-0.39, 0.29) is 0 Å². The van der Waals surface area contributed by atoms with Crippen molar-refractivity contribution in [3.63, 3.8) is 0 Å². The monoisotopic (exact) mass is 124 g/mol. The molecule has 0 aromatic carbocycles. The number of carbonyl (C=O) groups is 1. The highest BCUT2D eigenvalue weighted by atomic mass is 16.1. The van der Waals surface area contributed by atoms with Gasteiger partial charge in [-0.2, -0.15) is 0 Å². The van der Waals surface area contributed by atoms with Crippen molar-refractivity contribution in [3.8, 4) is 0 Å². The first-order chi connectivity index (χ1) is 4.43. The van der Waals surface area contributed by atoms with Gasteiger partial charge in [-0.05, 0) is 0 Å². The van der Waals surface area contributed by atoms with E-state index in [1.165, 1.54) is 0 Å². The lowest BCUT2D eigenvalue weighted by molar-refractivity contribution is -0.107. The summed E-state index contributed by atoms with van der Waals surface area (Å²) < 4.78 is 0. The molecule has 0 bridgehead atoms. The second-order valence-corrected chi connectivity index (χ2v) is 1.74. The molecule has 3 heteroatoms. The summed E-state index contributed by atoms with van der Waals surface area (Å²) in [5.74, 6) is 0.877. The van der Waals surface area contributed by atoms with Crippen LogP contribution in [0.25, 0.3) is 0 Å². The summed E-state index contributed by atoms with van der Waals surface area (Å²) in [6, 6.07) is 0. The molecule has 0 fully saturated rings. The van der Waals surface area contributed by atoms with Crippen LogP contribution >= 0.6 is 0 Å². The fourth-order valence-corrected chi connectivity index (χ4v) is 0.630. The Hall–Kier alpha value is -1.12.